The van der Waals surface area contributed by atoms with E-state index in [2.05, 4.69) is 82.6 Å². The monoisotopic (exact) mass is 1610 g/mol. The summed E-state index contributed by atoms with van der Waals surface area (Å²) in [6.45, 7) is 10.5. The number of amidine groups is 4. The summed E-state index contributed by atoms with van der Waals surface area (Å²) < 4.78 is 11.4. The molecule has 4 aliphatic carbocycles. The van der Waals surface area contributed by atoms with Crippen molar-refractivity contribution in [1.29, 1.82) is 0 Å². The Morgan fingerprint density at radius 3 is 0.917 bits per heavy atom. The zero-order valence-electron chi connectivity index (χ0n) is 67.8. The summed E-state index contributed by atoms with van der Waals surface area (Å²) in [6.07, 6.45) is 22.6. The van der Waals surface area contributed by atoms with Crippen LogP contribution in [0.5, 0.6) is 0 Å². The lowest BCUT2D eigenvalue weighted by molar-refractivity contribution is -0.132. The molecule has 2 aromatic heterocycles. The van der Waals surface area contributed by atoms with Gasteiger partial charge in [-0.3, -0.25) is 48.8 Å². The van der Waals surface area contributed by atoms with E-state index in [1.54, 1.807) is 45.0 Å². The van der Waals surface area contributed by atoms with Gasteiger partial charge in [-0.2, -0.15) is 10.4 Å². The number of aromatic amines is 2. The lowest BCUT2D eigenvalue weighted by Crippen LogP contribution is -2.41. The number of tetrazole rings is 2. The Morgan fingerprint density at radius 2 is 0.633 bits per heavy atom. The number of allylic oxidation sites excluding steroid dienone is 2. The number of amides is 4. The summed E-state index contributed by atoms with van der Waals surface area (Å²) in [7, 11) is 0. The molecule has 0 bridgehead atoms. The number of carboxylic acids is 2. The maximum atomic E-state index is 13.2. The van der Waals surface area contributed by atoms with Gasteiger partial charge in [0.2, 0.25) is 11.6 Å². The fourth-order valence-corrected chi connectivity index (χ4v) is 17.5. The molecule has 0 radical (unpaired) electrons. The van der Waals surface area contributed by atoms with Crippen molar-refractivity contribution in [2.75, 3.05) is 13.2 Å². The number of carboxylic acid groups (broad SMARTS) is 2. The third kappa shape index (κ3) is 17.0. The van der Waals surface area contributed by atoms with Crippen LogP contribution in [0.3, 0.4) is 0 Å². The molecule has 8 aliphatic rings. The molecular weight excluding hydrogens is 1510 g/mol. The molecular formula is C94H96N16O10. The Bertz CT molecular complexity index is 5580. The Kier molecular flexibility index (Phi) is 24.6. The van der Waals surface area contributed by atoms with Gasteiger partial charge in [0.25, 0.3) is 35.7 Å². The second-order valence-corrected chi connectivity index (χ2v) is 31.2. The first-order chi connectivity index (χ1) is 58.5. The largest absolute Gasteiger partial charge is 0.478 e. The van der Waals surface area contributed by atoms with E-state index in [1.165, 1.54) is 0 Å². The second kappa shape index (κ2) is 36.1. The molecule has 4 spiro atoms. The molecule has 4 amide bonds. The molecule has 0 atom stereocenters. The van der Waals surface area contributed by atoms with E-state index >= 15 is 0 Å². The number of carbonyl (C=O) groups is 6. The number of hydrogen-bond donors (Lipinski definition) is 4. The van der Waals surface area contributed by atoms with Crippen LogP contribution in [0.1, 0.15) is 173 Å². The van der Waals surface area contributed by atoms with Crippen LogP contribution < -0.4 is 0 Å². The highest BCUT2D eigenvalue weighted by atomic mass is 16.5. The number of hydrogen-bond acceptors (Lipinski definition) is 18. The standard InChI is InChI=1S/C24H24N6O.C24H24N2O3.C23H24N6O2.C23H24N2O4/c1-2-7-21-25-24(14-5-6-15-24)23(31)30(21)16-17-10-12-18(13-11-17)19-8-3-4-9-20(19)22-26-28-29-27-22;1-2-7-21-25-24(14-5-6-15-24)23(29)26(21)16-17-10-12-18(13-11-17)19-8-3-4-9-20(19)22(27)28;1-2-31-22-24-23(13-5-6-14-23)21(30)29(22)15-16-9-11-17(12-10-16)18-7-3-4-8-19(18)20-25-27-28-26-20;1-2-29-22-24-23(13-5-6-14-23)21(28)25(22)15-16-9-11-17(12-10-16)18-7-3-4-8-19(18)20(26)27/h2-4,7-13H,5-6,14-16H2,1H3,(H,26,27,28,29);2-4,7-13H,5-6,14-16H2,1H3,(H,27,28);3-4,7-12H,2,5-6,13-15H2,1H3,(H,25,26,27,28);3-4,7-12H,2,5-6,13-15H2,1H3,(H,26,27)/b2*7-2+;;. The number of aromatic nitrogens is 8. The molecule has 120 heavy (non-hydrogen) atoms. The fraction of sp³-hybridized carbons (Fsp3) is 0.319. The summed E-state index contributed by atoms with van der Waals surface area (Å²) in [5, 5.41) is 47.6. The first-order valence-electron chi connectivity index (χ1n) is 41.3. The minimum absolute atomic E-state index is 0.0266. The van der Waals surface area contributed by atoms with Gasteiger partial charge in [-0.15, -0.1) is 20.4 Å². The van der Waals surface area contributed by atoms with Crippen molar-refractivity contribution in [2.45, 2.75) is 179 Å². The van der Waals surface area contributed by atoms with Crippen molar-refractivity contribution in [3.63, 3.8) is 0 Å². The van der Waals surface area contributed by atoms with Gasteiger partial charge in [0.05, 0.1) is 50.5 Å². The number of carbonyl (C=O) groups excluding carboxylic acids is 4. The number of nitrogens with zero attached hydrogens (tertiary/aromatic N) is 14. The minimum Gasteiger partial charge on any atom is -0.478 e. The highest BCUT2D eigenvalue weighted by molar-refractivity contribution is 6.14. The van der Waals surface area contributed by atoms with E-state index in [0.29, 0.717) is 74.2 Å². The smallest absolute Gasteiger partial charge is 0.336 e. The molecule has 18 rings (SSSR count). The number of H-pyrrole nitrogens is 2. The highest BCUT2D eigenvalue weighted by Gasteiger charge is 2.54. The first kappa shape index (κ1) is 81.6. The number of rotatable bonds is 20. The number of aliphatic imine (C=N–C) groups is 4. The Hall–Kier alpha value is -13.5. The summed E-state index contributed by atoms with van der Waals surface area (Å²) in [5.41, 5.74) is 11.3. The zero-order chi connectivity index (χ0) is 83.4. The normalized spacial score (nSPS) is 17.7. The van der Waals surface area contributed by atoms with Gasteiger partial charge in [-0.05, 0) is 181 Å². The zero-order valence-corrected chi connectivity index (χ0v) is 67.8. The fourth-order valence-electron chi connectivity index (χ4n) is 17.5. The lowest BCUT2D eigenvalue weighted by Gasteiger charge is -2.22. The van der Waals surface area contributed by atoms with Crippen LogP contribution >= 0.6 is 0 Å². The SMILES string of the molecule is C/C=C/C1=NC2(CCCC2)C(=O)N1Cc1ccc(-c2ccccc2-c2nn[nH]n2)cc1.C/C=C/C1=NC2(CCCC2)C(=O)N1Cc1ccc(-c2ccccc2C(=O)O)cc1.CCOC1=NC2(CCCC2)C(=O)N1Cc1ccc(-c2ccccc2-c2nn[nH]n2)cc1.CCOC1=NC2(CCCC2)C(=O)N1Cc1ccc(-c2ccccc2C(=O)O)cc1. The predicted octanol–water partition coefficient (Wildman–Crippen LogP) is 16.5. The molecule has 0 saturated heterocycles. The van der Waals surface area contributed by atoms with Crippen LogP contribution in [0.4, 0.5) is 0 Å². The van der Waals surface area contributed by atoms with Crippen molar-refractivity contribution in [3.8, 4) is 67.3 Å². The molecule has 0 unspecified atom stereocenters. The van der Waals surface area contributed by atoms with Gasteiger partial charge in [0.1, 0.15) is 33.8 Å². The molecule has 26 nitrogen and oxygen atoms in total. The van der Waals surface area contributed by atoms with Gasteiger partial charge >= 0.3 is 11.9 Å². The quantitative estimate of drug-likeness (QED) is 0.0551. The molecule has 6 heterocycles. The number of nitrogens with one attached hydrogen (secondary N) is 2. The van der Waals surface area contributed by atoms with E-state index in [9.17, 15) is 39.0 Å². The molecule has 4 saturated carbocycles. The molecule has 4 aliphatic heterocycles. The van der Waals surface area contributed by atoms with Crippen LogP contribution in [0, 0.1) is 0 Å². The lowest BCUT2D eigenvalue weighted by atomic mass is 9.97. The van der Waals surface area contributed by atoms with Crippen LogP contribution in [0.2, 0.25) is 0 Å². The Morgan fingerprint density at radius 1 is 0.367 bits per heavy atom. The molecule has 10 aromatic rings. The average molecular weight is 1610 g/mol. The van der Waals surface area contributed by atoms with Crippen LogP contribution in [0.15, 0.2) is 238 Å². The van der Waals surface area contributed by atoms with Crippen molar-refractivity contribution >= 4 is 59.3 Å². The van der Waals surface area contributed by atoms with Crippen LogP contribution in [-0.2, 0) is 54.8 Å². The van der Waals surface area contributed by atoms with Crippen molar-refractivity contribution in [2.24, 2.45) is 20.0 Å². The van der Waals surface area contributed by atoms with E-state index in [-0.39, 0.29) is 34.8 Å². The predicted molar refractivity (Wildman–Crippen MR) is 457 cm³/mol. The molecule has 612 valence electrons. The van der Waals surface area contributed by atoms with E-state index < -0.39 is 34.1 Å². The highest BCUT2D eigenvalue weighted by Crippen LogP contribution is 2.45. The first-order valence-corrected chi connectivity index (χ1v) is 41.3. The van der Waals surface area contributed by atoms with Crippen LogP contribution in [-0.4, -0.2) is 166 Å². The summed E-state index contributed by atoms with van der Waals surface area (Å²) in [5.74, 6) is 1.08. The topological polar surface area (TPSA) is 333 Å². The molecule has 26 heteroatoms. The average Bonchev–Trinajstić information content (AvgIpc) is 1.62. The van der Waals surface area contributed by atoms with Gasteiger partial charge in [-0.1, -0.05) is 246 Å². The van der Waals surface area contributed by atoms with Crippen molar-refractivity contribution in [1.82, 2.24) is 60.8 Å². The number of benzene rings is 8. The molecule has 4 N–H and O–H groups in total. The maximum Gasteiger partial charge on any atom is 0.336 e. The third-order valence-electron chi connectivity index (χ3n) is 23.5. The Labute approximate surface area is 696 Å². The van der Waals surface area contributed by atoms with E-state index in [4.69, 9.17) is 24.5 Å². The van der Waals surface area contributed by atoms with Crippen molar-refractivity contribution < 1.29 is 48.5 Å². The van der Waals surface area contributed by atoms with Crippen LogP contribution in [0.25, 0.3) is 67.3 Å². The Balaban J connectivity index is 0.000000125. The molecule has 8 aromatic carbocycles. The van der Waals surface area contributed by atoms with Crippen molar-refractivity contribution in [3.05, 3.63) is 252 Å². The van der Waals surface area contributed by atoms with E-state index in [0.717, 1.165) is 181 Å². The summed E-state index contributed by atoms with van der Waals surface area (Å²) in [4.78, 5) is 102. The third-order valence-corrected chi connectivity index (χ3v) is 23.5. The maximum absolute atomic E-state index is 13.2. The molecule has 4 fully saturated rings. The number of ether oxygens (including phenoxy) is 2. The summed E-state index contributed by atoms with van der Waals surface area (Å²) >= 11 is 0. The van der Waals surface area contributed by atoms with Gasteiger partial charge < -0.3 is 19.7 Å². The van der Waals surface area contributed by atoms with Gasteiger partial charge in [0, 0.05) is 11.1 Å². The summed E-state index contributed by atoms with van der Waals surface area (Å²) in [6, 6.07) is 62.6. The van der Waals surface area contributed by atoms with E-state index in [1.807, 2.05) is 184 Å². The van der Waals surface area contributed by atoms with Gasteiger partial charge in [0.15, 0.2) is 0 Å². The number of aromatic carboxylic acids is 2. The van der Waals surface area contributed by atoms with Gasteiger partial charge in [-0.25, -0.2) is 19.6 Å². The second-order valence-electron chi connectivity index (χ2n) is 31.2. The minimum atomic E-state index is -0.952.